The molecular formula is C15H27N3. The Morgan fingerprint density at radius 1 is 1.17 bits per heavy atom. The van der Waals surface area contributed by atoms with Gasteiger partial charge in [-0.25, -0.2) is 4.68 Å². The minimum Gasteiger partial charge on any atom is -0.244 e. The van der Waals surface area contributed by atoms with Crippen LogP contribution in [-0.2, 0) is 12.0 Å². The summed E-state index contributed by atoms with van der Waals surface area (Å²) in [6.45, 7) is 11.3. The first-order chi connectivity index (χ1) is 8.41. The van der Waals surface area contributed by atoms with Crippen LogP contribution in [0.2, 0.25) is 0 Å². The Hall–Kier alpha value is -0.860. The molecule has 1 atom stereocenters. The molecule has 0 bridgehead atoms. The molecule has 1 unspecified atom stereocenters. The molecule has 0 radical (unpaired) electrons. The average Bonchev–Trinajstić information content (AvgIpc) is 2.59. The van der Waals surface area contributed by atoms with E-state index in [0.717, 1.165) is 6.42 Å². The van der Waals surface area contributed by atoms with Gasteiger partial charge in [0, 0.05) is 5.92 Å². The Morgan fingerprint density at radius 2 is 1.89 bits per heavy atom. The fraction of sp³-hybridized carbons (Fsp3) is 0.867. The SMILES string of the molecule is CC(C)C1CCCCCc2c1nnn2C(C)(C)C. The van der Waals surface area contributed by atoms with Crippen molar-refractivity contribution in [2.45, 2.75) is 78.2 Å². The van der Waals surface area contributed by atoms with E-state index in [1.165, 1.54) is 37.1 Å². The first-order valence-electron chi connectivity index (χ1n) is 7.36. The van der Waals surface area contributed by atoms with E-state index in [-0.39, 0.29) is 5.54 Å². The molecule has 1 aliphatic rings. The lowest BCUT2D eigenvalue weighted by Crippen LogP contribution is -2.26. The minimum absolute atomic E-state index is 0.0430. The highest BCUT2D eigenvalue weighted by molar-refractivity contribution is 5.18. The maximum absolute atomic E-state index is 4.54. The number of hydrogen-bond donors (Lipinski definition) is 0. The van der Waals surface area contributed by atoms with E-state index >= 15 is 0 Å². The molecule has 1 heterocycles. The average molecular weight is 249 g/mol. The van der Waals surface area contributed by atoms with Crippen LogP contribution in [0.25, 0.3) is 0 Å². The maximum Gasteiger partial charge on any atom is 0.0892 e. The molecule has 0 aromatic carbocycles. The molecular weight excluding hydrogens is 222 g/mol. The predicted molar refractivity (Wildman–Crippen MR) is 74.8 cm³/mol. The number of aromatic nitrogens is 3. The lowest BCUT2D eigenvalue weighted by molar-refractivity contribution is 0.332. The van der Waals surface area contributed by atoms with Crippen molar-refractivity contribution in [1.29, 1.82) is 0 Å². The topological polar surface area (TPSA) is 30.7 Å². The van der Waals surface area contributed by atoms with Gasteiger partial charge in [-0.15, -0.1) is 5.10 Å². The van der Waals surface area contributed by atoms with E-state index in [2.05, 4.69) is 49.6 Å². The van der Waals surface area contributed by atoms with E-state index in [1.54, 1.807) is 0 Å². The highest BCUT2D eigenvalue weighted by Gasteiger charge is 2.28. The number of fused-ring (bicyclic) bond motifs is 1. The largest absolute Gasteiger partial charge is 0.244 e. The Labute approximate surface area is 111 Å². The van der Waals surface area contributed by atoms with E-state index in [1.807, 2.05) is 0 Å². The fourth-order valence-electron chi connectivity index (χ4n) is 2.99. The maximum atomic E-state index is 4.54. The van der Waals surface area contributed by atoms with E-state index in [0.29, 0.717) is 11.8 Å². The van der Waals surface area contributed by atoms with Gasteiger partial charge < -0.3 is 0 Å². The third-order valence-electron chi connectivity index (χ3n) is 4.01. The molecule has 0 saturated heterocycles. The Balaban J connectivity index is 2.44. The zero-order valence-electron chi connectivity index (χ0n) is 12.5. The lowest BCUT2D eigenvalue weighted by atomic mass is 9.84. The Morgan fingerprint density at radius 3 is 2.50 bits per heavy atom. The normalized spacial score (nSPS) is 21.6. The summed E-state index contributed by atoms with van der Waals surface area (Å²) in [5, 5.41) is 8.99. The molecule has 102 valence electrons. The Kier molecular flexibility index (Phi) is 3.79. The first kappa shape index (κ1) is 13.6. The summed E-state index contributed by atoms with van der Waals surface area (Å²) < 4.78 is 2.16. The zero-order valence-corrected chi connectivity index (χ0v) is 12.5. The smallest absolute Gasteiger partial charge is 0.0892 e. The molecule has 18 heavy (non-hydrogen) atoms. The number of rotatable bonds is 1. The van der Waals surface area contributed by atoms with Gasteiger partial charge in [0.05, 0.1) is 16.9 Å². The Bertz CT molecular complexity index is 398. The van der Waals surface area contributed by atoms with Gasteiger partial charge in [-0.05, 0) is 46.0 Å². The second-order valence-electron chi connectivity index (χ2n) is 6.95. The van der Waals surface area contributed by atoms with Crippen LogP contribution in [0, 0.1) is 5.92 Å². The first-order valence-corrected chi connectivity index (χ1v) is 7.36. The summed E-state index contributed by atoms with van der Waals surface area (Å²) in [7, 11) is 0. The highest BCUT2D eigenvalue weighted by Crippen LogP contribution is 2.34. The third-order valence-corrected chi connectivity index (χ3v) is 4.01. The third kappa shape index (κ3) is 2.60. The van der Waals surface area contributed by atoms with Crippen molar-refractivity contribution in [2.75, 3.05) is 0 Å². The molecule has 0 fully saturated rings. The quantitative estimate of drug-likeness (QED) is 0.756. The van der Waals surface area contributed by atoms with Crippen molar-refractivity contribution in [3.05, 3.63) is 11.4 Å². The van der Waals surface area contributed by atoms with Crippen LogP contribution in [0.15, 0.2) is 0 Å². The molecule has 0 spiro atoms. The summed E-state index contributed by atoms with van der Waals surface area (Å²) in [5.74, 6) is 1.25. The number of hydrogen-bond acceptors (Lipinski definition) is 2. The predicted octanol–water partition coefficient (Wildman–Crippen LogP) is 3.89. The van der Waals surface area contributed by atoms with E-state index in [4.69, 9.17) is 0 Å². The molecule has 1 aromatic rings. The van der Waals surface area contributed by atoms with Crippen LogP contribution in [-0.4, -0.2) is 15.0 Å². The molecule has 1 aromatic heterocycles. The van der Waals surface area contributed by atoms with Gasteiger partial charge in [0.1, 0.15) is 0 Å². The molecule has 1 aliphatic carbocycles. The van der Waals surface area contributed by atoms with Gasteiger partial charge >= 0.3 is 0 Å². The second kappa shape index (κ2) is 5.02. The summed E-state index contributed by atoms with van der Waals surface area (Å²) in [6.07, 6.45) is 6.38. The molecule has 2 rings (SSSR count). The fourth-order valence-corrected chi connectivity index (χ4v) is 2.99. The van der Waals surface area contributed by atoms with Crippen LogP contribution in [0.4, 0.5) is 0 Å². The van der Waals surface area contributed by atoms with Crippen LogP contribution in [0.1, 0.15) is 77.6 Å². The van der Waals surface area contributed by atoms with E-state index < -0.39 is 0 Å². The molecule has 0 N–H and O–H groups in total. The van der Waals surface area contributed by atoms with E-state index in [9.17, 15) is 0 Å². The van der Waals surface area contributed by atoms with Gasteiger partial charge in [-0.2, -0.15) is 0 Å². The molecule has 0 saturated carbocycles. The molecule has 0 aliphatic heterocycles. The minimum atomic E-state index is 0.0430. The van der Waals surface area contributed by atoms with Crippen LogP contribution >= 0.6 is 0 Å². The van der Waals surface area contributed by atoms with Gasteiger partial charge in [0.25, 0.3) is 0 Å². The summed E-state index contributed by atoms with van der Waals surface area (Å²) in [6, 6.07) is 0. The van der Waals surface area contributed by atoms with Crippen molar-refractivity contribution in [3.63, 3.8) is 0 Å². The zero-order chi connectivity index (χ0) is 13.3. The standard InChI is InChI=1S/C15H27N3/c1-11(2)12-9-7-6-8-10-13-14(12)16-17-18(13)15(3,4)5/h11-12H,6-10H2,1-5H3. The van der Waals surface area contributed by atoms with Crippen molar-refractivity contribution in [1.82, 2.24) is 15.0 Å². The van der Waals surface area contributed by atoms with Gasteiger partial charge in [0.2, 0.25) is 0 Å². The molecule has 3 nitrogen and oxygen atoms in total. The van der Waals surface area contributed by atoms with Crippen molar-refractivity contribution < 1.29 is 0 Å². The summed E-state index contributed by atoms with van der Waals surface area (Å²) in [5.41, 5.74) is 2.71. The lowest BCUT2D eigenvalue weighted by Gasteiger charge is -2.26. The number of nitrogens with zero attached hydrogens (tertiary/aromatic N) is 3. The van der Waals surface area contributed by atoms with Crippen molar-refractivity contribution in [2.24, 2.45) is 5.92 Å². The van der Waals surface area contributed by atoms with Crippen LogP contribution < -0.4 is 0 Å². The van der Waals surface area contributed by atoms with Crippen molar-refractivity contribution >= 4 is 0 Å². The summed E-state index contributed by atoms with van der Waals surface area (Å²) in [4.78, 5) is 0. The van der Waals surface area contributed by atoms with Gasteiger partial charge in [-0.1, -0.05) is 31.9 Å². The van der Waals surface area contributed by atoms with Gasteiger partial charge in [-0.3, -0.25) is 0 Å². The molecule has 3 heteroatoms. The summed E-state index contributed by atoms with van der Waals surface area (Å²) >= 11 is 0. The van der Waals surface area contributed by atoms with Crippen LogP contribution in [0.5, 0.6) is 0 Å². The molecule has 0 amide bonds. The monoisotopic (exact) mass is 249 g/mol. The highest BCUT2D eigenvalue weighted by atomic mass is 15.5. The second-order valence-corrected chi connectivity index (χ2v) is 6.95. The van der Waals surface area contributed by atoms with Crippen molar-refractivity contribution in [3.8, 4) is 0 Å². The van der Waals surface area contributed by atoms with Gasteiger partial charge in [0.15, 0.2) is 0 Å². The van der Waals surface area contributed by atoms with Crippen LogP contribution in [0.3, 0.4) is 0 Å².